The summed E-state index contributed by atoms with van der Waals surface area (Å²) in [5, 5.41) is 0. The topological polar surface area (TPSA) is 53.7 Å². The molecule has 0 saturated carbocycles. The molecule has 0 aliphatic carbocycles. The third kappa shape index (κ3) is 2.63. The van der Waals surface area contributed by atoms with Gasteiger partial charge in [-0.3, -0.25) is 4.79 Å². The lowest BCUT2D eigenvalue weighted by Crippen LogP contribution is -2.49. The third-order valence-corrected chi connectivity index (χ3v) is 4.20. The minimum Gasteiger partial charge on any atom is -0.353 e. The zero-order valence-electron chi connectivity index (χ0n) is 12.7. The van der Waals surface area contributed by atoms with Crippen LogP contribution in [-0.4, -0.2) is 51.4 Å². The van der Waals surface area contributed by atoms with E-state index in [9.17, 15) is 4.79 Å². The van der Waals surface area contributed by atoms with Gasteiger partial charge in [-0.05, 0) is 24.3 Å². The van der Waals surface area contributed by atoms with Crippen LogP contribution in [0.3, 0.4) is 0 Å². The smallest absolute Gasteiger partial charge is 0.254 e. The molecule has 0 unspecified atom stereocenters. The van der Waals surface area contributed by atoms with Crippen molar-refractivity contribution in [1.29, 1.82) is 0 Å². The van der Waals surface area contributed by atoms with Gasteiger partial charge in [0.1, 0.15) is 5.82 Å². The Bertz CT molecular complexity index is 821. The molecule has 6 heteroatoms. The molecule has 0 spiro atoms. The number of anilines is 1. The van der Waals surface area contributed by atoms with Crippen LogP contribution >= 0.6 is 0 Å². The summed E-state index contributed by atoms with van der Waals surface area (Å²) in [7, 11) is 0. The number of rotatable bonds is 2. The van der Waals surface area contributed by atoms with Gasteiger partial charge in [0.05, 0.1) is 18.0 Å². The highest BCUT2D eigenvalue weighted by molar-refractivity contribution is 5.95. The van der Waals surface area contributed by atoms with Crippen molar-refractivity contribution in [3.63, 3.8) is 0 Å². The number of fused-ring (bicyclic) bond motifs is 1. The molecular formula is C17H17N5O. The Morgan fingerprint density at radius 1 is 1.09 bits per heavy atom. The highest BCUT2D eigenvalue weighted by Crippen LogP contribution is 2.15. The molecule has 0 bridgehead atoms. The quantitative estimate of drug-likeness (QED) is 0.723. The van der Waals surface area contributed by atoms with E-state index in [1.54, 1.807) is 18.7 Å². The second-order valence-electron chi connectivity index (χ2n) is 5.61. The number of pyridine rings is 2. The van der Waals surface area contributed by atoms with Gasteiger partial charge in [0.15, 0.2) is 0 Å². The molecule has 1 aliphatic heterocycles. The van der Waals surface area contributed by atoms with Gasteiger partial charge < -0.3 is 14.2 Å². The number of carbonyl (C=O) groups is 1. The fraction of sp³-hybridized carbons (Fsp3) is 0.235. The van der Waals surface area contributed by atoms with Crippen molar-refractivity contribution in [2.45, 2.75) is 0 Å². The van der Waals surface area contributed by atoms with Gasteiger partial charge in [-0.15, -0.1) is 0 Å². The molecular weight excluding hydrogens is 290 g/mol. The van der Waals surface area contributed by atoms with E-state index < -0.39 is 0 Å². The number of carbonyl (C=O) groups excluding carboxylic acids is 1. The average molecular weight is 307 g/mol. The summed E-state index contributed by atoms with van der Waals surface area (Å²) in [6.07, 6.45) is 7.17. The Hall–Kier alpha value is -2.89. The van der Waals surface area contributed by atoms with Crippen molar-refractivity contribution in [2.75, 3.05) is 31.1 Å². The van der Waals surface area contributed by atoms with Crippen LogP contribution in [0, 0.1) is 0 Å². The van der Waals surface area contributed by atoms with E-state index in [0.717, 1.165) is 24.4 Å². The normalized spacial score (nSPS) is 15.1. The molecule has 0 radical (unpaired) electrons. The molecule has 0 atom stereocenters. The number of hydrogen-bond donors (Lipinski definition) is 0. The second kappa shape index (κ2) is 5.72. The summed E-state index contributed by atoms with van der Waals surface area (Å²) in [5.41, 5.74) is 1.65. The average Bonchev–Trinajstić information content (AvgIpc) is 3.10. The minimum absolute atomic E-state index is 0.0781. The minimum atomic E-state index is 0.0781. The lowest BCUT2D eigenvalue weighted by atomic mass is 10.2. The number of imidazole rings is 1. The van der Waals surface area contributed by atoms with Gasteiger partial charge in [0, 0.05) is 44.1 Å². The summed E-state index contributed by atoms with van der Waals surface area (Å²) in [6.45, 7) is 3.02. The summed E-state index contributed by atoms with van der Waals surface area (Å²) in [6, 6.07) is 9.64. The summed E-state index contributed by atoms with van der Waals surface area (Å²) in [5.74, 6) is 1.05. The number of nitrogens with zero attached hydrogens (tertiary/aromatic N) is 5. The van der Waals surface area contributed by atoms with Crippen LogP contribution in [0.2, 0.25) is 0 Å². The zero-order chi connectivity index (χ0) is 15.6. The third-order valence-electron chi connectivity index (χ3n) is 4.20. The Kier molecular flexibility index (Phi) is 3.42. The standard InChI is InChI=1S/C17H17N5O/c23-17(14-4-6-22-13-18-12-15(22)11-14)21-9-7-20(8-10-21)16-3-1-2-5-19-16/h1-6,11-13H,7-10H2. The fourth-order valence-corrected chi connectivity index (χ4v) is 2.91. The van der Waals surface area contributed by atoms with Crippen LogP contribution in [0.4, 0.5) is 5.82 Å². The first-order chi connectivity index (χ1) is 11.3. The summed E-state index contributed by atoms with van der Waals surface area (Å²) < 4.78 is 1.90. The van der Waals surface area contributed by atoms with Gasteiger partial charge in [-0.1, -0.05) is 6.07 Å². The van der Waals surface area contributed by atoms with Crippen molar-refractivity contribution in [2.24, 2.45) is 0 Å². The van der Waals surface area contributed by atoms with Crippen molar-refractivity contribution < 1.29 is 4.79 Å². The first-order valence-corrected chi connectivity index (χ1v) is 7.68. The Labute approximate surface area is 134 Å². The zero-order valence-corrected chi connectivity index (χ0v) is 12.7. The molecule has 1 saturated heterocycles. The molecule has 0 aromatic carbocycles. The van der Waals surface area contributed by atoms with E-state index >= 15 is 0 Å². The maximum atomic E-state index is 12.7. The van der Waals surface area contributed by atoms with E-state index in [4.69, 9.17) is 0 Å². The number of piperazine rings is 1. The van der Waals surface area contributed by atoms with Gasteiger partial charge >= 0.3 is 0 Å². The molecule has 3 aromatic heterocycles. The van der Waals surface area contributed by atoms with E-state index in [2.05, 4.69) is 14.9 Å². The monoisotopic (exact) mass is 307 g/mol. The number of amides is 1. The van der Waals surface area contributed by atoms with Crippen LogP contribution in [0.25, 0.3) is 5.52 Å². The van der Waals surface area contributed by atoms with Crippen molar-refractivity contribution in [3.05, 3.63) is 60.8 Å². The van der Waals surface area contributed by atoms with Gasteiger partial charge in [-0.2, -0.15) is 0 Å². The molecule has 3 aromatic rings. The molecule has 4 rings (SSSR count). The predicted octanol–water partition coefficient (Wildman–Crippen LogP) is 1.69. The SMILES string of the molecule is O=C(c1ccn2cncc2c1)N1CCN(c2ccccn2)CC1. The highest BCUT2D eigenvalue weighted by Gasteiger charge is 2.22. The molecule has 1 aliphatic rings. The van der Waals surface area contributed by atoms with Crippen LogP contribution in [-0.2, 0) is 0 Å². The van der Waals surface area contributed by atoms with Crippen molar-refractivity contribution in [1.82, 2.24) is 19.3 Å². The maximum Gasteiger partial charge on any atom is 0.254 e. The van der Waals surface area contributed by atoms with Crippen molar-refractivity contribution in [3.8, 4) is 0 Å². The Morgan fingerprint density at radius 2 is 1.96 bits per heavy atom. The largest absolute Gasteiger partial charge is 0.353 e. The van der Waals surface area contributed by atoms with Gasteiger partial charge in [0.2, 0.25) is 0 Å². The van der Waals surface area contributed by atoms with Crippen LogP contribution in [0.1, 0.15) is 10.4 Å². The molecule has 4 heterocycles. The molecule has 1 fully saturated rings. The Morgan fingerprint density at radius 3 is 2.74 bits per heavy atom. The van der Waals surface area contributed by atoms with Crippen LogP contribution < -0.4 is 4.90 Å². The lowest BCUT2D eigenvalue weighted by molar-refractivity contribution is 0.0746. The highest BCUT2D eigenvalue weighted by atomic mass is 16.2. The Balaban J connectivity index is 1.46. The fourth-order valence-electron chi connectivity index (χ4n) is 2.91. The first-order valence-electron chi connectivity index (χ1n) is 7.68. The van der Waals surface area contributed by atoms with E-state index in [1.165, 1.54) is 0 Å². The van der Waals surface area contributed by atoms with Gasteiger partial charge in [0.25, 0.3) is 5.91 Å². The van der Waals surface area contributed by atoms with Crippen LogP contribution in [0.5, 0.6) is 0 Å². The van der Waals surface area contributed by atoms with E-state index in [1.807, 2.05) is 45.8 Å². The lowest BCUT2D eigenvalue weighted by Gasteiger charge is -2.35. The maximum absolute atomic E-state index is 12.7. The predicted molar refractivity (Wildman–Crippen MR) is 87.5 cm³/mol. The second-order valence-corrected chi connectivity index (χ2v) is 5.61. The number of aromatic nitrogens is 3. The molecule has 116 valence electrons. The van der Waals surface area contributed by atoms with Crippen molar-refractivity contribution >= 4 is 17.2 Å². The summed E-state index contributed by atoms with van der Waals surface area (Å²) >= 11 is 0. The molecule has 0 N–H and O–H groups in total. The summed E-state index contributed by atoms with van der Waals surface area (Å²) in [4.78, 5) is 25.2. The number of hydrogen-bond acceptors (Lipinski definition) is 4. The molecule has 1 amide bonds. The van der Waals surface area contributed by atoms with Crippen LogP contribution in [0.15, 0.2) is 55.2 Å². The first kappa shape index (κ1) is 13.8. The van der Waals surface area contributed by atoms with Gasteiger partial charge in [-0.25, -0.2) is 9.97 Å². The van der Waals surface area contributed by atoms with E-state index in [-0.39, 0.29) is 5.91 Å². The molecule has 23 heavy (non-hydrogen) atoms. The van der Waals surface area contributed by atoms with E-state index in [0.29, 0.717) is 18.7 Å². The molecule has 6 nitrogen and oxygen atoms in total.